The number of aliphatic hydroxyl groups is 1. The van der Waals surface area contributed by atoms with Gasteiger partial charge in [-0.2, -0.15) is 0 Å². The van der Waals surface area contributed by atoms with E-state index < -0.39 is 36.4 Å². The lowest BCUT2D eigenvalue weighted by molar-refractivity contribution is -0.170. The van der Waals surface area contributed by atoms with Gasteiger partial charge >= 0.3 is 17.9 Å². The lowest BCUT2D eigenvalue weighted by Gasteiger charge is -2.23. The van der Waals surface area contributed by atoms with Crippen molar-refractivity contribution in [3.8, 4) is 5.82 Å². The largest absolute Gasteiger partial charge is 0.481 e. The van der Waals surface area contributed by atoms with E-state index in [1.165, 1.54) is 17.3 Å². The number of nitrogens with zero attached hydrogens (tertiary/aromatic N) is 5. The highest BCUT2D eigenvalue weighted by Gasteiger charge is 2.40. The zero-order chi connectivity index (χ0) is 32.3. The fourth-order valence-electron chi connectivity index (χ4n) is 4.79. The van der Waals surface area contributed by atoms with Crippen LogP contribution in [0.2, 0.25) is 0 Å². The molecule has 0 bridgehead atoms. The fraction of sp³-hybridized carbons (Fsp3) is 0.323. The number of carboxylic acids is 3. The smallest absolute Gasteiger partial charge is 0.336 e. The summed E-state index contributed by atoms with van der Waals surface area (Å²) in [6, 6.07) is 15.1. The van der Waals surface area contributed by atoms with Crippen molar-refractivity contribution in [2.75, 3.05) is 6.54 Å². The molecule has 4 rings (SSSR count). The number of aliphatic carboxylic acids is 3. The van der Waals surface area contributed by atoms with Crippen molar-refractivity contribution in [3.63, 3.8) is 0 Å². The van der Waals surface area contributed by atoms with Crippen LogP contribution in [0.25, 0.3) is 5.82 Å². The number of pyridine rings is 1. The van der Waals surface area contributed by atoms with E-state index >= 15 is 0 Å². The number of hydrogen-bond donors (Lipinski definition) is 4. The molecular weight excluding hydrogens is 573 g/mol. The van der Waals surface area contributed by atoms with Crippen LogP contribution in [0.1, 0.15) is 41.8 Å². The van der Waals surface area contributed by atoms with Gasteiger partial charge in [0.05, 0.1) is 19.2 Å². The summed E-state index contributed by atoms with van der Waals surface area (Å²) in [7, 11) is 0. The van der Waals surface area contributed by atoms with Crippen LogP contribution >= 0.6 is 0 Å². The number of carbonyl (C=O) groups is 3. The number of imidazole rings is 1. The molecule has 0 fully saturated rings. The van der Waals surface area contributed by atoms with E-state index in [0.29, 0.717) is 6.54 Å². The first kappa shape index (κ1) is 33.6. The second-order valence-electron chi connectivity index (χ2n) is 10.4. The van der Waals surface area contributed by atoms with Crippen molar-refractivity contribution >= 4 is 17.9 Å². The van der Waals surface area contributed by atoms with Gasteiger partial charge in [0.15, 0.2) is 5.60 Å². The number of benzene rings is 1. The molecule has 0 radical (unpaired) electrons. The molecule has 234 valence electrons. The summed E-state index contributed by atoms with van der Waals surface area (Å²) in [5, 5.41) is 33.8. The molecule has 44 heavy (non-hydrogen) atoms. The molecule has 0 spiro atoms. The van der Waals surface area contributed by atoms with Crippen LogP contribution in [0.4, 0.5) is 4.39 Å². The summed E-state index contributed by atoms with van der Waals surface area (Å²) < 4.78 is 18.0. The molecule has 13 heteroatoms. The van der Waals surface area contributed by atoms with Crippen molar-refractivity contribution in [2.45, 2.75) is 58.3 Å². The maximum atomic E-state index is 13.8. The zero-order valence-corrected chi connectivity index (χ0v) is 24.5. The predicted octanol–water partition coefficient (Wildman–Crippen LogP) is 3.67. The Bertz CT molecular complexity index is 1520. The number of rotatable bonds is 14. The molecule has 0 atom stereocenters. The van der Waals surface area contributed by atoms with Crippen LogP contribution in [0.3, 0.4) is 0 Å². The highest BCUT2D eigenvalue weighted by Crippen LogP contribution is 2.22. The SMILES string of the molecule is Cc1cc(CN(CCCn2ccnc2)Cc2cccc(F)c2)c(C)n1-c1ccccn1.O=C(O)CC(O)(CC(=O)O)C(=O)O. The fourth-order valence-corrected chi connectivity index (χ4v) is 4.79. The van der Waals surface area contributed by atoms with Crippen LogP contribution < -0.4 is 0 Å². The second-order valence-corrected chi connectivity index (χ2v) is 10.4. The van der Waals surface area contributed by atoms with Crippen molar-refractivity contribution in [1.29, 1.82) is 0 Å². The third-order valence-corrected chi connectivity index (χ3v) is 6.84. The Hall–Kier alpha value is -4.88. The van der Waals surface area contributed by atoms with Crippen molar-refractivity contribution < 1.29 is 39.2 Å². The maximum absolute atomic E-state index is 13.8. The molecule has 0 unspecified atom stereocenters. The lowest BCUT2D eigenvalue weighted by atomic mass is 9.96. The Balaban J connectivity index is 0.000000345. The van der Waals surface area contributed by atoms with E-state index in [9.17, 15) is 18.8 Å². The summed E-state index contributed by atoms with van der Waals surface area (Å²) in [6.45, 7) is 7.57. The zero-order valence-electron chi connectivity index (χ0n) is 24.5. The minimum atomic E-state index is -2.74. The van der Waals surface area contributed by atoms with Gasteiger partial charge < -0.3 is 29.6 Å². The highest BCUT2D eigenvalue weighted by atomic mass is 19.1. The average Bonchev–Trinajstić information content (AvgIpc) is 3.55. The van der Waals surface area contributed by atoms with E-state index in [1.807, 2.05) is 43.0 Å². The highest BCUT2D eigenvalue weighted by molar-refractivity contribution is 5.88. The monoisotopic (exact) mass is 609 g/mol. The Kier molecular flexibility index (Phi) is 11.9. The first-order valence-electron chi connectivity index (χ1n) is 13.8. The molecule has 0 saturated heterocycles. The third-order valence-electron chi connectivity index (χ3n) is 6.84. The van der Waals surface area contributed by atoms with Gasteiger partial charge in [-0.25, -0.2) is 19.2 Å². The van der Waals surface area contributed by atoms with Gasteiger partial charge in [-0.05, 0) is 61.7 Å². The minimum absolute atomic E-state index is 0.191. The minimum Gasteiger partial charge on any atom is -0.481 e. The average molecular weight is 610 g/mol. The summed E-state index contributed by atoms with van der Waals surface area (Å²) in [5.74, 6) is -4.28. The quantitative estimate of drug-likeness (QED) is 0.165. The molecule has 0 aliphatic heterocycles. The van der Waals surface area contributed by atoms with Crippen LogP contribution in [0.15, 0.2) is 73.4 Å². The number of carboxylic acid groups (broad SMARTS) is 3. The van der Waals surface area contributed by atoms with Gasteiger partial charge in [0.1, 0.15) is 11.6 Å². The Morgan fingerprint density at radius 1 is 0.955 bits per heavy atom. The van der Waals surface area contributed by atoms with Gasteiger partial charge in [-0.1, -0.05) is 18.2 Å². The van der Waals surface area contributed by atoms with Gasteiger partial charge in [0.2, 0.25) is 0 Å². The van der Waals surface area contributed by atoms with Gasteiger partial charge in [0.25, 0.3) is 0 Å². The van der Waals surface area contributed by atoms with Gasteiger partial charge in [-0.3, -0.25) is 14.5 Å². The van der Waals surface area contributed by atoms with E-state index in [-0.39, 0.29) is 5.82 Å². The molecule has 3 aromatic heterocycles. The van der Waals surface area contributed by atoms with E-state index in [1.54, 1.807) is 18.3 Å². The predicted molar refractivity (Wildman–Crippen MR) is 157 cm³/mol. The molecule has 4 N–H and O–H groups in total. The molecule has 0 aliphatic rings. The van der Waals surface area contributed by atoms with Crippen molar-refractivity contribution in [1.82, 2.24) is 24.0 Å². The van der Waals surface area contributed by atoms with Crippen LogP contribution in [0, 0.1) is 19.7 Å². The molecular formula is C31H36FN5O7. The molecule has 0 saturated carbocycles. The number of aryl methyl sites for hydroxylation is 2. The molecule has 3 heterocycles. The number of aromatic nitrogens is 4. The molecule has 4 aromatic rings. The summed E-state index contributed by atoms with van der Waals surface area (Å²) in [4.78, 5) is 41.5. The summed E-state index contributed by atoms with van der Waals surface area (Å²) >= 11 is 0. The van der Waals surface area contributed by atoms with Crippen LogP contribution in [-0.4, -0.2) is 74.5 Å². The second kappa shape index (κ2) is 15.5. The number of halogens is 1. The van der Waals surface area contributed by atoms with E-state index in [0.717, 1.165) is 43.1 Å². The first-order valence-corrected chi connectivity index (χ1v) is 13.8. The Morgan fingerprint density at radius 2 is 1.68 bits per heavy atom. The maximum Gasteiger partial charge on any atom is 0.336 e. The van der Waals surface area contributed by atoms with Crippen LogP contribution in [-0.2, 0) is 34.0 Å². The lowest BCUT2D eigenvalue weighted by Crippen LogP contribution is -2.42. The standard InChI is InChI=1S/C25H28FN5.C6H8O7/c1-20-15-23(21(2)31(20)25-9-3-4-10-28-25)18-30(13-6-12-29-14-11-27-19-29)17-22-7-5-8-24(26)16-22;7-3(8)1-6(13,5(11)12)2-4(9)10/h3-5,7-11,14-16,19H,6,12-13,17-18H2,1-2H3;13H,1-2H2,(H,7,8)(H,9,10)(H,11,12). The molecule has 0 aliphatic carbocycles. The Morgan fingerprint density at radius 3 is 2.25 bits per heavy atom. The topological polar surface area (TPSA) is 171 Å². The van der Waals surface area contributed by atoms with Crippen molar-refractivity contribution in [2.24, 2.45) is 0 Å². The third kappa shape index (κ3) is 9.85. The van der Waals surface area contributed by atoms with E-state index in [2.05, 4.69) is 43.9 Å². The normalized spacial score (nSPS) is 11.2. The molecule has 0 amide bonds. The first-order chi connectivity index (χ1) is 20.9. The van der Waals surface area contributed by atoms with Crippen LogP contribution in [0.5, 0.6) is 0 Å². The summed E-state index contributed by atoms with van der Waals surface area (Å²) in [6.07, 6.45) is 6.15. The van der Waals surface area contributed by atoms with Crippen molar-refractivity contribution in [3.05, 3.63) is 102 Å². The molecule has 1 aromatic carbocycles. The summed E-state index contributed by atoms with van der Waals surface area (Å²) in [5.41, 5.74) is 1.87. The Labute approximate surface area is 253 Å². The van der Waals surface area contributed by atoms with E-state index in [4.69, 9.17) is 20.4 Å². The van der Waals surface area contributed by atoms with Gasteiger partial charge in [-0.15, -0.1) is 0 Å². The van der Waals surface area contributed by atoms with Gasteiger partial charge in [0, 0.05) is 56.2 Å². The molecule has 12 nitrogen and oxygen atoms in total. The number of hydrogen-bond acceptors (Lipinski definition) is 7.